The third-order valence-electron chi connectivity index (χ3n) is 3.23. The fraction of sp³-hybridized carbons (Fsp3) is 0. The molecule has 1 N–H and O–H groups in total. The first-order valence-electron chi connectivity index (χ1n) is 7.33. The molecule has 0 saturated heterocycles. The van der Waals surface area contributed by atoms with Crippen molar-refractivity contribution in [3.63, 3.8) is 0 Å². The normalized spacial score (nSPS) is 11.0. The van der Waals surface area contributed by atoms with E-state index in [-0.39, 0.29) is 5.01 Å². The van der Waals surface area contributed by atoms with Gasteiger partial charge in [-0.2, -0.15) is 5.26 Å². The van der Waals surface area contributed by atoms with Crippen molar-refractivity contribution in [2.24, 2.45) is 0 Å². The first-order valence-corrected chi connectivity index (χ1v) is 8.53. The summed E-state index contributed by atoms with van der Waals surface area (Å²) in [4.78, 5) is 12.2. The second kappa shape index (κ2) is 7.87. The van der Waals surface area contributed by atoms with E-state index >= 15 is 0 Å². The molecule has 0 aliphatic carbocycles. The highest BCUT2D eigenvalue weighted by Gasteiger charge is 2.15. The number of anilines is 1. The van der Waals surface area contributed by atoms with Gasteiger partial charge in [0.1, 0.15) is 5.82 Å². The van der Waals surface area contributed by atoms with Crippen molar-refractivity contribution < 1.29 is 9.18 Å². The first kappa shape index (κ1) is 17.7. The van der Waals surface area contributed by atoms with E-state index < -0.39 is 11.7 Å². The summed E-state index contributed by atoms with van der Waals surface area (Å²) >= 11 is 7.27. The minimum Gasteiger partial charge on any atom is -0.320 e. The van der Waals surface area contributed by atoms with Crippen LogP contribution in [-0.2, 0) is 0 Å². The Balaban J connectivity index is 1.76. The number of hydrogen-bond acceptors (Lipinski definition) is 5. The molecular formula is C18H10ClFN4OS. The van der Waals surface area contributed by atoms with E-state index in [0.717, 1.165) is 16.9 Å². The van der Waals surface area contributed by atoms with Gasteiger partial charge in [-0.1, -0.05) is 35.1 Å². The summed E-state index contributed by atoms with van der Waals surface area (Å²) in [5, 5.41) is 20.1. The Labute approximate surface area is 157 Å². The lowest BCUT2D eigenvalue weighted by Gasteiger charge is -2.01. The molecule has 1 amide bonds. The number of nitrogens with zero attached hydrogens (tertiary/aromatic N) is 3. The predicted octanol–water partition coefficient (Wildman–Crippen LogP) is 4.54. The lowest BCUT2D eigenvalue weighted by molar-refractivity contribution is 0.102. The monoisotopic (exact) mass is 384 g/mol. The third-order valence-corrected chi connectivity index (χ3v) is 4.59. The molecule has 5 nitrogen and oxygen atoms in total. The van der Waals surface area contributed by atoms with Crippen molar-refractivity contribution in [3.8, 4) is 6.07 Å². The van der Waals surface area contributed by atoms with Crippen LogP contribution in [-0.4, -0.2) is 16.1 Å². The van der Waals surface area contributed by atoms with Gasteiger partial charge in [-0.05, 0) is 48.0 Å². The van der Waals surface area contributed by atoms with Gasteiger partial charge in [0, 0.05) is 5.69 Å². The van der Waals surface area contributed by atoms with E-state index in [2.05, 4.69) is 21.6 Å². The quantitative estimate of drug-likeness (QED) is 0.716. The van der Waals surface area contributed by atoms with E-state index in [1.54, 1.807) is 30.3 Å². The summed E-state index contributed by atoms with van der Waals surface area (Å²) in [6, 6.07) is 14.4. The molecule has 3 aromatic rings. The zero-order valence-corrected chi connectivity index (χ0v) is 14.7. The van der Waals surface area contributed by atoms with Gasteiger partial charge in [-0.25, -0.2) is 4.39 Å². The molecule has 8 heteroatoms. The highest BCUT2D eigenvalue weighted by atomic mass is 35.5. The number of aromatic nitrogens is 2. The standard InChI is InChI=1S/C18H10ClFN4OS/c19-15(9-11-2-1-3-12(8-11)10-21)17-23-24-18(26-17)16(25)22-14-6-4-13(20)5-7-14/h1-9H,(H,22,25). The summed E-state index contributed by atoms with van der Waals surface area (Å²) in [7, 11) is 0. The van der Waals surface area contributed by atoms with Crippen LogP contribution in [0.2, 0.25) is 0 Å². The summed E-state index contributed by atoms with van der Waals surface area (Å²) in [6.45, 7) is 0. The maximum Gasteiger partial charge on any atom is 0.286 e. The maximum absolute atomic E-state index is 12.9. The van der Waals surface area contributed by atoms with Crippen LogP contribution in [0.5, 0.6) is 0 Å². The fourth-order valence-corrected chi connectivity index (χ4v) is 2.96. The average Bonchev–Trinajstić information content (AvgIpc) is 3.14. The van der Waals surface area contributed by atoms with E-state index in [9.17, 15) is 9.18 Å². The molecule has 0 aliphatic heterocycles. The molecule has 128 valence electrons. The zero-order valence-electron chi connectivity index (χ0n) is 13.1. The molecule has 26 heavy (non-hydrogen) atoms. The van der Waals surface area contributed by atoms with Crippen LogP contribution < -0.4 is 5.32 Å². The van der Waals surface area contributed by atoms with Gasteiger partial charge in [0.05, 0.1) is 16.7 Å². The van der Waals surface area contributed by atoms with Crippen LogP contribution >= 0.6 is 22.9 Å². The summed E-state index contributed by atoms with van der Waals surface area (Å²) in [6.07, 6.45) is 1.64. The Kier molecular flexibility index (Phi) is 5.37. The number of carbonyl (C=O) groups excluding carboxylic acids is 1. The molecule has 0 aliphatic rings. The SMILES string of the molecule is N#Cc1cccc(C=C(Cl)c2nnc(C(=O)Nc3ccc(F)cc3)s2)c1. The summed E-state index contributed by atoms with van der Waals surface area (Å²) in [5.74, 6) is -0.852. The van der Waals surface area contributed by atoms with Gasteiger partial charge in [0.15, 0.2) is 5.01 Å². The molecular weight excluding hydrogens is 375 g/mol. The van der Waals surface area contributed by atoms with Gasteiger partial charge in [0.25, 0.3) is 5.91 Å². The molecule has 2 aromatic carbocycles. The molecule has 1 aromatic heterocycles. The number of rotatable bonds is 4. The fourth-order valence-electron chi connectivity index (χ4n) is 2.04. The van der Waals surface area contributed by atoms with Crippen molar-refractivity contribution in [2.75, 3.05) is 5.32 Å². The molecule has 0 fully saturated rings. The van der Waals surface area contributed by atoms with Gasteiger partial charge < -0.3 is 5.32 Å². The Morgan fingerprint density at radius 1 is 1.19 bits per heavy atom. The highest BCUT2D eigenvalue weighted by Crippen LogP contribution is 2.26. The van der Waals surface area contributed by atoms with Gasteiger partial charge >= 0.3 is 0 Å². The summed E-state index contributed by atoms with van der Waals surface area (Å²) < 4.78 is 12.9. The Morgan fingerprint density at radius 2 is 1.92 bits per heavy atom. The van der Waals surface area contributed by atoms with Crippen LogP contribution in [0.25, 0.3) is 11.1 Å². The number of carbonyl (C=O) groups is 1. The second-order valence-corrected chi connectivity index (χ2v) is 6.49. The first-order chi connectivity index (χ1) is 12.5. The lowest BCUT2D eigenvalue weighted by Crippen LogP contribution is -2.11. The Morgan fingerprint density at radius 3 is 2.65 bits per heavy atom. The van der Waals surface area contributed by atoms with Crippen LogP contribution in [0.1, 0.15) is 25.9 Å². The molecule has 0 unspecified atom stereocenters. The third kappa shape index (κ3) is 4.30. The summed E-state index contributed by atoms with van der Waals surface area (Å²) in [5.41, 5.74) is 1.70. The number of benzene rings is 2. The molecule has 0 saturated carbocycles. The van der Waals surface area contributed by atoms with Crippen LogP contribution in [0, 0.1) is 17.1 Å². The maximum atomic E-state index is 12.9. The van der Waals surface area contributed by atoms with Crippen LogP contribution in [0.15, 0.2) is 48.5 Å². The molecule has 0 atom stereocenters. The van der Waals surface area contributed by atoms with Gasteiger partial charge in [0.2, 0.25) is 5.01 Å². The van der Waals surface area contributed by atoms with E-state index in [1.807, 2.05) is 0 Å². The van der Waals surface area contributed by atoms with E-state index in [1.165, 1.54) is 24.3 Å². The number of halogens is 2. The van der Waals surface area contributed by atoms with Gasteiger partial charge in [-0.15, -0.1) is 10.2 Å². The molecule has 0 bridgehead atoms. The number of amides is 1. The van der Waals surface area contributed by atoms with Crippen molar-refractivity contribution in [1.29, 1.82) is 5.26 Å². The van der Waals surface area contributed by atoms with E-state index in [4.69, 9.17) is 16.9 Å². The predicted molar refractivity (Wildman–Crippen MR) is 99.1 cm³/mol. The second-order valence-electron chi connectivity index (χ2n) is 5.10. The largest absolute Gasteiger partial charge is 0.320 e. The average molecular weight is 385 g/mol. The molecule has 1 heterocycles. The van der Waals surface area contributed by atoms with Crippen molar-refractivity contribution in [1.82, 2.24) is 10.2 Å². The highest BCUT2D eigenvalue weighted by molar-refractivity contribution is 7.15. The Bertz CT molecular complexity index is 1020. The number of nitriles is 1. The molecule has 0 spiro atoms. The minimum absolute atomic E-state index is 0.127. The van der Waals surface area contributed by atoms with Crippen molar-refractivity contribution in [2.45, 2.75) is 0 Å². The lowest BCUT2D eigenvalue weighted by atomic mass is 10.1. The van der Waals surface area contributed by atoms with Gasteiger partial charge in [-0.3, -0.25) is 4.79 Å². The number of hydrogen-bond donors (Lipinski definition) is 1. The topological polar surface area (TPSA) is 78.7 Å². The number of nitrogens with one attached hydrogen (secondary N) is 1. The smallest absolute Gasteiger partial charge is 0.286 e. The minimum atomic E-state index is -0.462. The van der Waals surface area contributed by atoms with Crippen molar-refractivity contribution in [3.05, 3.63) is 75.5 Å². The van der Waals surface area contributed by atoms with Crippen LogP contribution in [0.3, 0.4) is 0 Å². The Hall–Kier alpha value is -3.08. The zero-order chi connectivity index (χ0) is 18.5. The van der Waals surface area contributed by atoms with Crippen molar-refractivity contribution >= 4 is 45.6 Å². The molecule has 3 rings (SSSR count). The van der Waals surface area contributed by atoms with E-state index in [0.29, 0.717) is 21.3 Å². The van der Waals surface area contributed by atoms with Crippen LogP contribution in [0.4, 0.5) is 10.1 Å². The molecule has 0 radical (unpaired) electrons.